The van der Waals surface area contributed by atoms with Gasteiger partial charge in [0, 0.05) is 6.42 Å². The molecule has 0 bridgehead atoms. The van der Waals surface area contributed by atoms with Gasteiger partial charge in [0.2, 0.25) is 11.8 Å². The number of nitrogens with one attached hydrogen (secondary N) is 1. The first kappa shape index (κ1) is 17.4. The highest BCUT2D eigenvalue weighted by Crippen LogP contribution is 2.05. The van der Waals surface area contributed by atoms with Crippen molar-refractivity contribution in [3.63, 3.8) is 0 Å². The van der Waals surface area contributed by atoms with Crippen molar-refractivity contribution in [3.8, 4) is 0 Å². The van der Waals surface area contributed by atoms with Crippen LogP contribution >= 0.6 is 0 Å². The molecule has 0 aliphatic heterocycles. The number of hydrogen-bond donors (Lipinski definition) is 2. The van der Waals surface area contributed by atoms with Gasteiger partial charge >= 0.3 is 0 Å². The maximum Gasteiger partial charge on any atom is 0.243 e. The van der Waals surface area contributed by atoms with Crippen molar-refractivity contribution in [1.82, 2.24) is 5.32 Å². The molecule has 0 heterocycles. The number of rotatable bonds is 9. The van der Waals surface area contributed by atoms with E-state index < -0.39 is 11.9 Å². The molecule has 1 atom stereocenters. The van der Waals surface area contributed by atoms with E-state index in [2.05, 4.69) is 12.2 Å². The second-order valence-corrected chi connectivity index (χ2v) is 5.37. The molecule has 1 aromatic carbocycles. The van der Waals surface area contributed by atoms with Crippen LogP contribution in [0.5, 0.6) is 0 Å². The van der Waals surface area contributed by atoms with E-state index in [4.69, 9.17) is 5.73 Å². The van der Waals surface area contributed by atoms with Gasteiger partial charge in [0.1, 0.15) is 0 Å². The smallest absolute Gasteiger partial charge is 0.243 e. The lowest BCUT2D eigenvalue weighted by Crippen LogP contribution is -2.44. The van der Waals surface area contributed by atoms with Crippen molar-refractivity contribution in [3.05, 3.63) is 35.9 Å². The normalized spacial score (nSPS) is 11.9. The van der Waals surface area contributed by atoms with Crippen LogP contribution < -0.4 is 11.1 Å². The lowest BCUT2D eigenvalue weighted by Gasteiger charge is -2.11. The van der Waals surface area contributed by atoms with Crippen LogP contribution in [0.15, 0.2) is 30.3 Å². The zero-order chi connectivity index (χ0) is 15.5. The molecule has 0 radical (unpaired) electrons. The quantitative estimate of drug-likeness (QED) is 0.687. The number of amides is 2. The van der Waals surface area contributed by atoms with E-state index in [1.54, 1.807) is 0 Å². The van der Waals surface area contributed by atoms with Gasteiger partial charge in [-0.05, 0) is 18.4 Å². The lowest BCUT2D eigenvalue weighted by molar-refractivity contribution is -0.131. The summed E-state index contributed by atoms with van der Waals surface area (Å²) in [4.78, 5) is 23.5. The van der Waals surface area contributed by atoms with Crippen molar-refractivity contribution in [2.45, 2.75) is 57.9 Å². The van der Waals surface area contributed by atoms with Gasteiger partial charge in [-0.2, -0.15) is 0 Å². The number of carbonyl (C=O) groups is 2. The average Bonchev–Trinajstić information content (AvgIpc) is 2.48. The summed E-state index contributed by atoms with van der Waals surface area (Å²) < 4.78 is 0. The Balaban J connectivity index is 2.23. The molecule has 21 heavy (non-hydrogen) atoms. The van der Waals surface area contributed by atoms with Crippen LogP contribution in [0.25, 0.3) is 0 Å². The molecule has 0 fully saturated rings. The first-order chi connectivity index (χ1) is 10.1. The van der Waals surface area contributed by atoms with Gasteiger partial charge < -0.3 is 5.73 Å². The molecule has 0 aliphatic carbocycles. The highest BCUT2D eigenvalue weighted by molar-refractivity contribution is 5.97. The summed E-state index contributed by atoms with van der Waals surface area (Å²) in [5.74, 6) is -0.613. The van der Waals surface area contributed by atoms with Crippen LogP contribution in [0.2, 0.25) is 0 Å². The van der Waals surface area contributed by atoms with E-state index in [9.17, 15) is 9.59 Å². The Morgan fingerprint density at radius 1 is 1.10 bits per heavy atom. The van der Waals surface area contributed by atoms with Crippen molar-refractivity contribution in [2.75, 3.05) is 0 Å². The molecule has 4 heteroatoms. The van der Waals surface area contributed by atoms with E-state index >= 15 is 0 Å². The fourth-order valence-corrected chi connectivity index (χ4v) is 2.14. The van der Waals surface area contributed by atoms with Crippen molar-refractivity contribution in [2.24, 2.45) is 5.73 Å². The molecule has 0 spiro atoms. The molecule has 1 rings (SSSR count). The molecular formula is C17H26N2O2. The molecule has 0 unspecified atom stereocenters. The Morgan fingerprint density at radius 3 is 2.43 bits per heavy atom. The summed E-state index contributed by atoms with van der Waals surface area (Å²) >= 11 is 0. The predicted octanol–water partition coefficient (Wildman–Crippen LogP) is 2.56. The second-order valence-electron chi connectivity index (χ2n) is 5.37. The summed E-state index contributed by atoms with van der Waals surface area (Å²) in [6.45, 7) is 2.15. The van der Waals surface area contributed by atoms with Crippen molar-refractivity contribution < 1.29 is 9.59 Å². The first-order valence-electron chi connectivity index (χ1n) is 7.76. The van der Waals surface area contributed by atoms with Gasteiger partial charge in [-0.25, -0.2) is 0 Å². The van der Waals surface area contributed by atoms with Crippen molar-refractivity contribution in [1.29, 1.82) is 0 Å². The SMILES string of the molecule is CCCCCCCC(=O)NC(=O)[C@@H](N)Cc1ccccc1. The molecule has 4 nitrogen and oxygen atoms in total. The number of carbonyl (C=O) groups excluding carboxylic acids is 2. The van der Waals surface area contributed by atoms with Crippen LogP contribution in [0, 0.1) is 0 Å². The molecule has 0 aromatic heterocycles. The minimum atomic E-state index is -0.684. The zero-order valence-electron chi connectivity index (χ0n) is 12.8. The number of hydrogen-bond acceptors (Lipinski definition) is 3. The van der Waals surface area contributed by atoms with E-state index in [0.29, 0.717) is 12.8 Å². The summed E-state index contributed by atoms with van der Waals surface area (Å²) in [6, 6.07) is 8.88. The maximum atomic E-state index is 11.8. The Kier molecular flexibility index (Phi) is 8.36. The summed E-state index contributed by atoms with van der Waals surface area (Å²) in [7, 11) is 0. The minimum absolute atomic E-state index is 0.222. The molecule has 0 aliphatic rings. The number of unbranched alkanes of at least 4 members (excludes halogenated alkanes) is 4. The highest BCUT2D eigenvalue weighted by Gasteiger charge is 2.16. The van der Waals surface area contributed by atoms with Crippen LogP contribution in [0.4, 0.5) is 0 Å². The molecule has 116 valence electrons. The fraction of sp³-hybridized carbons (Fsp3) is 0.529. The van der Waals surface area contributed by atoms with Crippen LogP contribution in [-0.2, 0) is 16.0 Å². The highest BCUT2D eigenvalue weighted by atomic mass is 16.2. The van der Waals surface area contributed by atoms with Crippen LogP contribution in [-0.4, -0.2) is 17.9 Å². The molecule has 0 saturated carbocycles. The largest absolute Gasteiger partial charge is 0.320 e. The van der Waals surface area contributed by atoms with Gasteiger partial charge in [-0.1, -0.05) is 62.9 Å². The van der Waals surface area contributed by atoms with E-state index in [1.807, 2.05) is 30.3 Å². The van der Waals surface area contributed by atoms with Crippen LogP contribution in [0.3, 0.4) is 0 Å². The Morgan fingerprint density at radius 2 is 1.76 bits per heavy atom. The van der Waals surface area contributed by atoms with Gasteiger partial charge in [0.05, 0.1) is 6.04 Å². The maximum absolute atomic E-state index is 11.8. The third kappa shape index (κ3) is 7.61. The molecular weight excluding hydrogens is 264 g/mol. The summed E-state index contributed by atoms with van der Waals surface area (Å²) in [5.41, 5.74) is 6.82. The number of nitrogens with two attached hydrogens (primary N) is 1. The number of imide groups is 1. The fourth-order valence-electron chi connectivity index (χ4n) is 2.14. The standard InChI is InChI=1S/C17H26N2O2/c1-2-3-4-5-9-12-16(20)19-17(21)15(18)13-14-10-7-6-8-11-14/h6-8,10-11,15H,2-5,9,12-13,18H2,1H3,(H,19,20,21)/t15-/m0/s1. The first-order valence-corrected chi connectivity index (χ1v) is 7.76. The Bertz CT molecular complexity index is 432. The van der Waals surface area contributed by atoms with Gasteiger partial charge in [-0.15, -0.1) is 0 Å². The molecule has 2 amide bonds. The monoisotopic (exact) mass is 290 g/mol. The van der Waals surface area contributed by atoms with E-state index in [0.717, 1.165) is 24.8 Å². The van der Waals surface area contributed by atoms with E-state index in [1.165, 1.54) is 12.8 Å². The minimum Gasteiger partial charge on any atom is -0.320 e. The number of benzene rings is 1. The van der Waals surface area contributed by atoms with Crippen molar-refractivity contribution >= 4 is 11.8 Å². The Labute approximate surface area is 127 Å². The predicted molar refractivity (Wildman–Crippen MR) is 84.6 cm³/mol. The van der Waals surface area contributed by atoms with Gasteiger partial charge in [0.25, 0.3) is 0 Å². The third-order valence-electron chi connectivity index (χ3n) is 3.41. The van der Waals surface area contributed by atoms with Gasteiger partial charge in [0.15, 0.2) is 0 Å². The molecule has 1 aromatic rings. The zero-order valence-corrected chi connectivity index (χ0v) is 12.8. The van der Waals surface area contributed by atoms with Crippen LogP contribution in [0.1, 0.15) is 51.0 Å². The second kappa shape index (κ2) is 10.1. The molecule has 3 N–H and O–H groups in total. The average molecular weight is 290 g/mol. The topological polar surface area (TPSA) is 72.2 Å². The summed E-state index contributed by atoms with van der Waals surface area (Å²) in [5, 5.41) is 2.39. The summed E-state index contributed by atoms with van der Waals surface area (Å²) in [6.07, 6.45) is 6.22. The third-order valence-corrected chi connectivity index (χ3v) is 3.41. The molecule has 0 saturated heterocycles. The lowest BCUT2D eigenvalue weighted by atomic mass is 10.1. The van der Waals surface area contributed by atoms with Gasteiger partial charge in [-0.3, -0.25) is 14.9 Å². The van der Waals surface area contributed by atoms with E-state index in [-0.39, 0.29) is 5.91 Å². The Hall–Kier alpha value is -1.68.